The monoisotopic (exact) mass is 214 g/mol. The van der Waals surface area contributed by atoms with Gasteiger partial charge in [-0.2, -0.15) is 0 Å². The zero-order valence-electron chi connectivity index (χ0n) is 9.10. The molecule has 0 fully saturated rings. The standard InChI is InChI=1S/C13H14N2O/c1-3-10(2)15-13(16)9-6-11-4-7-12(14)8-5-11/h1,4-10H,14H2,2H3,(H,15,16)/b9-6+. The Morgan fingerprint density at radius 2 is 2.12 bits per heavy atom. The highest BCUT2D eigenvalue weighted by Crippen LogP contribution is 2.06. The smallest absolute Gasteiger partial charge is 0.244 e. The van der Waals surface area contributed by atoms with Crippen LogP contribution in [-0.2, 0) is 4.79 Å². The number of hydrogen-bond donors (Lipinski definition) is 2. The molecule has 3 N–H and O–H groups in total. The number of carbonyl (C=O) groups excluding carboxylic acids is 1. The van der Waals surface area contributed by atoms with E-state index >= 15 is 0 Å². The molecule has 0 spiro atoms. The van der Waals surface area contributed by atoms with E-state index in [-0.39, 0.29) is 11.9 Å². The van der Waals surface area contributed by atoms with Gasteiger partial charge in [0.15, 0.2) is 0 Å². The second-order valence-corrected chi connectivity index (χ2v) is 3.40. The predicted octanol–water partition coefficient (Wildman–Crippen LogP) is 1.42. The van der Waals surface area contributed by atoms with E-state index in [9.17, 15) is 4.79 Å². The summed E-state index contributed by atoms with van der Waals surface area (Å²) in [6.45, 7) is 1.74. The van der Waals surface area contributed by atoms with Gasteiger partial charge in [0.1, 0.15) is 0 Å². The topological polar surface area (TPSA) is 55.1 Å². The highest BCUT2D eigenvalue weighted by Gasteiger charge is 1.99. The Balaban J connectivity index is 2.57. The van der Waals surface area contributed by atoms with E-state index in [0.29, 0.717) is 5.69 Å². The second kappa shape index (κ2) is 5.62. The fourth-order valence-electron chi connectivity index (χ4n) is 1.08. The first-order chi connectivity index (χ1) is 7.61. The van der Waals surface area contributed by atoms with Gasteiger partial charge in [0.2, 0.25) is 5.91 Å². The first-order valence-corrected chi connectivity index (χ1v) is 4.92. The van der Waals surface area contributed by atoms with Crippen molar-refractivity contribution in [1.29, 1.82) is 0 Å². The van der Waals surface area contributed by atoms with Crippen LogP contribution < -0.4 is 11.1 Å². The molecule has 0 heterocycles. The third kappa shape index (κ3) is 3.89. The van der Waals surface area contributed by atoms with Crippen molar-refractivity contribution >= 4 is 17.7 Å². The molecule has 1 amide bonds. The summed E-state index contributed by atoms with van der Waals surface area (Å²) in [6, 6.07) is 6.97. The third-order valence-corrected chi connectivity index (χ3v) is 1.97. The summed E-state index contributed by atoms with van der Waals surface area (Å²) in [7, 11) is 0. The lowest BCUT2D eigenvalue weighted by Gasteiger charge is -2.03. The second-order valence-electron chi connectivity index (χ2n) is 3.40. The van der Waals surface area contributed by atoms with Crippen molar-refractivity contribution in [2.75, 3.05) is 5.73 Å². The van der Waals surface area contributed by atoms with Gasteiger partial charge in [-0.3, -0.25) is 4.79 Å². The molecule has 82 valence electrons. The molecule has 0 aliphatic heterocycles. The van der Waals surface area contributed by atoms with Crippen LogP contribution >= 0.6 is 0 Å². The maximum absolute atomic E-state index is 11.3. The third-order valence-electron chi connectivity index (χ3n) is 1.97. The van der Waals surface area contributed by atoms with Gasteiger partial charge in [0, 0.05) is 11.8 Å². The Morgan fingerprint density at radius 3 is 2.69 bits per heavy atom. The number of benzene rings is 1. The summed E-state index contributed by atoms with van der Waals surface area (Å²) in [4.78, 5) is 11.3. The quantitative estimate of drug-likeness (QED) is 0.454. The van der Waals surface area contributed by atoms with Crippen LogP contribution in [0, 0.1) is 12.3 Å². The molecule has 0 aliphatic carbocycles. The predicted molar refractivity (Wildman–Crippen MR) is 66.3 cm³/mol. The summed E-state index contributed by atoms with van der Waals surface area (Å²) in [5.74, 6) is 2.21. The van der Waals surface area contributed by atoms with Gasteiger partial charge in [-0.05, 0) is 30.7 Å². The van der Waals surface area contributed by atoms with E-state index in [0.717, 1.165) is 5.56 Å². The molecule has 1 unspecified atom stereocenters. The van der Waals surface area contributed by atoms with Gasteiger partial charge in [-0.15, -0.1) is 6.42 Å². The molecule has 3 heteroatoms. The van der Waals surface area contributed by atoms with Crippen LogP contribution in [0.2, 0.25) is 0 Å². The number of rotatable bonds is 3. The number of hydrogen-bond acceptors (Lipinski definition) is 2. The molecule has 1 atom stereocenters. The van der Waals surface area contributed by atoms with Crippen LogP contribution in [0.25, 0.3) is 6.08 Å². The fourth-order valence-corrected chi connectivity index (χ4v) is 1.08. The summed E-state index contributed by atoms with van der Waals surface area (Å²) in [6.07, 6.45) is 8.29. The Kier molecular flexibility index (Phi) is 4.16. The maximum Gasteiger partial charge on any atom is 0.244 e. The molecule has 0 aliphatic rings. The highest BCUT2D eigenvalue weighted by atomic mass is 16.1. The molecular weight excluding hydrogens is 200 g/mol. The average Bonchev–Trinajstić information content (AvgIpc) is 2.28. The van der Waals surface area contributed by atoms with Crippen LogP contribution in [-0.4, -0.2) is 11.9 Å². The van der Waals surface area contributed by atoms with Gasteiger partial charge >= 0.3 is 0 Å². The van der Waals surface area contributed by atoms with Crippen molar-refractivity contribution in [3.63, 3.8) is 0 Å². The van der Waals surface area contributed by atoms with E-state index in [1.807, 2.05) is 12.1 Å². The van der Waals surface area contributed by atoms with Crippen molar-refractivity contribution in [3.05, 3.63) is 35.9 Å². The Morgan fingerprint density at radius 1 is 1.50 bits per heavy atom. The van der Waals surface area contributed by atoms with Crippen LogP contribution in [0.15, 0.2) is 30.3 Å². The molecule has 16 heavy (non-hydrogen) atoms. The highest BCUT2D eigenvalue weighted by molar-refractivity contribution is 5.92. The van der Waals surface area contributed by atoms with E-state index in [1.165, 1.54) is 6.08 Å². The molecule has 0 saturated carbocycles. The minimum Gasteiger partial charge on any atom is -0.399 e. The number of carbonyl (C=O) groups is 1. The lowest BCUT2D eigenvalue weighted by atomic mass is 10.2. The molecular formula is C13H14N2O. The van der Waals surface area contributed by atoms with Gasteiger partial charge in [-0.25, -0.2) is 0 Å². The molecule has 1 aromatic carbocycles. The van der Waals surface area contributed by atoms with Gasteiger partial charge in [0.05, 0.1) is 6.04 Å². The first kappa shape index (κ1) is 11.9. The SMILES string of the molecule is C#CC(C)NC(=O)/C=C/c1ccc(N)cc1. The molecule has 1 rings (SSSR count). The summed E-state index contributed by atoms with van der Waals surface area (Å²) < 4.78 is 0. The number of amides is 1. The molecule has 1 aromatic rings. The van der Waals surface area contributed by atoms with Gasteiger partial charge in [-0.1, -0.05) is 18.1 Å². The lowest BCUT2D eigenvalue weighted by molar-refractivity contribution is -0.116. The van der Waals surface area contributed by atoms with Crippen LogP contribution in [0.4, 0.5) is 5.69 Å². The van der Waals surface area contributed by atoms with E-state index < -0.39 is 0 Å². The van der Waals surface area contributed by atoms with Crippen molar-refractivity contribution in [1.82, 2.24) is 5.32 Å². The lowest BCUT2D eigenvalue weighted by Crippen LogP contribution is -2.29. The summed E-state index contributed by atoms with van der Waals surface area (Å²) in [5.41, 5.74) is 7.15. The maximum atomic E-state index is 11.3. The first-order valence-electron chi connectivity index (χ1n) is 4.92. The van der Waals surface area contributed by atoms with Crippen LogP contribution in [0.5, 0.6) is 0 Å². The number of nitrogens with one attached hydrogen (secondary N) is 1. The molecule has 0 radical (unpaired) electrons. The largest absolute Gasteiger partial charge is 0.399 e. The van der Waals surface area contributed by atoms with E-state index in [4.69, 9.17) is 12.2 Å². The van der Waals surface area contributed by atoms with Crippen molar-refractivity contribution in [3.8, 4) is 12.3 Å². The zero-order chi connectivity index (χ0) is 12.0. The Labute approximate surface area is 95.3 Å². The summed E-state index contributed by atoms with van der Waals surface area (Å²) in [5, 5.41) is 2.62. The van der Waals surface area contributed by atoms with Gasteiger partial charge < -0.3 is 11.1 Å². The number of terminal acetylenes is 1. The minimum absolute atomic E-state index is 0.206. The van der Waals surface area contributed by atoms with Crippen LogP contribution in [0.1, 0.15) is 12.5 Å². The van der Waals surface area contributed by atoms with Crippen molar-refractivity contribution < 1.29 is 4.79 Å². The Hall–Kier alpha value is -2.21. The fraction of sp³-hybridized carbons (Fsp3) is 0.154. The zero-order valence-corrected chi connectivity index (χ0v) is 9.10. The summed E-state index contributed by atoms with van der Waals surface area (Å²) >= 11 is 0. The normalized spacial score (nSPS) is 12.0. The molecule has 0 saturated heterocycles. The molecule has 0 aromatic heterocycles. The van der Waals surface area contributed by atoms with Crippen LogP contribution in [0.3, 0.4) is 0 Å². The Bertz CT molecular complexity index is 426. The molecule has 0 bridgehead atoms. The van der Waals surface area contributed by atoms with Crippen molar-refractivity contribution in [2.24, 2.45) is 0 Å². The average molecular weight is 214 g/mol. The van der Waals surface area contributed by atoms with E-state index in [1.54, 1.807) is 25.1 Å². The van der Waals surface area contributed by atoms with Crippen molar-refractivity contribution in [2.45, 2.75) is 13.0 Å². The number of nitrogens with two attached hydrogens (primary N) is 1. The number of nitrogen functional groups attached to an aromatic ring is 1. The molecule has 3 nitrogen and oxygen atoms in total. The minimum atomic E-state index is -0.261. The number of anilines is 1. The van der Waals surface area contributed by atoms with Gasteiger partial charge in [0.25, 0.3) is 0 Å². The van der Waals surface area contributed by atoms with E-state index in [2.05, 4.69) is 11.2 Å².